The molecule has 0 radical (unpaired) electrons. The van der Waals surface area contributed by atoms with E-state index in [1.54, 1.807) is 7.11 Å². The number of aliphatic imine (C=N–C) groups is 1. The van der Waals surface area contributed by atoms with Gasteiger partial charge in [0.15, 0.2) is 5.96 Å². The number of rotatable bonds is 9. The molecule has 7 nitrogen and oxygen atoms in total. The Bertz CT molecular complexity index is 633. The summed E-state index contributed by atoms with van der Waals surface area (Å²) in [5, 5.41) is 3.44. The number of hydrogen-bond donors (Lipinski definition) is 1. The third-order valence-corrected chi connectivity index (χ3v) is 5.42. The Balaban J connectivity index is 0.00000320. The molecule has 2 heterocycles. The van der Waals surface area contributed by atoms with Crippen LogP contribution in [0.15, 0.2) is 29.3 Å². The van der Waals surface area contributed by atoms with Gasteiger partial charge in [0, 0.05) is 70.2 Å². The fourth-order valence-corrected chi connectivity index (χ4v) is 3.73. The summed E-state index contributed by atoms with van der Waals surface area (Å²) in [5.74, 6) is 2.50. The maximum atomic E-state index is 5.79. The normalized spacial score (nSPS) is 19.5. The zero-order valence-corrected chi connectivity index (χ0v) is 20.7. The first-order chi connectivity index (χ1) is 14.3. The second-order valence-corrected chi connectivity index (χ2v) is 7.57. The van der Waals surface area contributed by atoms with Crippen LogP contribution in [0.3, 0.4) is 0 Å². The molecule has 0 aliphatic carbocycles. The predicted molar refractivity (Wildman–Crippen MR) is 133 cm³/mol. The molecule has 0 spiro atoms. The van der Waals surface area contributed by atoms with Crippen LogP contribution in [0.25, 0.3) is 0 Å². The van der Waals surface area contributed by atoms with Crippen molar-refractivity contribution in [2.24, 2.45) is 10.9 Å². The molecule has 0 aromatic heterocycles. The van der Waals surface area contributed by atoms with Crippen LogP contribution in [-0.2, 0) is 9.47 Å². The Hall–Kier alpha value is -1.26. The maximum Gasteiger partial charge on any atom is 0.194 e. The number of methoxy groups -OCH3 is 1. The lowest BCUT2D eigenvalue weighted by molar-refractivity contribution is 0.0893. The topological polar surface area (TPSA) is 58.6 Å². The zero-order chi connectivity index (χ0) is 20.3. The van der Waals surface area contributed by atoms with Crippen molar-refractivity contribution < 1.29 is 14.2 Å². The highest BCUT2D eigenvalue weighted by Crippen LogP contribution is 2.22. The number of ether oxygens (including phenoxy) is 3. The molecule has 2 aliphatic heterocycles. The molecule has 1 atom stereocenters. The first kappa shape index (κ1) is 25.0. The third-order valence-electron chi connectivity index (χ3n) is 5.42. The number of nitrogens with zero attached hydrogens (tertiary/aromatic N) is 3. The Morgan fingerprint density at radius 2 is 2.10 bits per heavy atom. The Morgan fingerprint density at radius 1 is 1.27 bits per heavy atom. The second-order valence-electron chi connectivity index (χ2n) is 7.57. The van der Waals surface area contributed by atoms with Gasteiger partial charge in [-0.25, -0.2) is 0 Å². The van der Waals surface area contributed by atoms with Crippen LogP contribution in [0.4, 0.5) is 5.69 Å². The first-order valence-corrected chi connectivity index (χ1v) is 10.9. The molecule has 8 heteroatoms. The number of piperazine rings is 1. The van der Waals surface area contributed by atoms with E-state index < -0.39 is 0 Å². The van der Waals surface area contributed by atoms with E-state index in [2.05, 4.69) is 34.2 Å². The molecule has 1 N–H and O–H groups in total. The molecule has 0 saturated carbocycles. The van der Waals surface area contributed by atoms with E-state index in [1.807, 2.05) is 12.1 Å². The number of halogens is 1. The molecule has 0 amide bonds. The van der Waals surface area contributed by atoms with Crippen LogP contribution in [0, 0.1) is 5.92 Å². The Kier molecular flexibility index (Phi) is 11.6. The van der Waals surface area contributed by atoms with Gasteiger partial charge in [-0.1, -0.05) is 6.07 Å². The van der Waals surface area contributed by atoms with Crippen LogP contribution in [0.2, 0.25) is 0 Å². The quantitative estimate of drug-likeness (QED) is 0.229. The molecule has 1 aromatic carbocycles. The number of benzene rings is 1. The lowest BCUT2D eigenvalue weighted by Gasteiger charge is -2.37. The molecular weight excluding hydrogens is 495 g/mol. The van der Waals surface area contributed by atoms with Crippen LogP contribution in [-0.4, -0.2) is 83.7 Å². The van der Waals surface area contributed by atoms with Crippen molar-refractivity contribution in [3.8, 4) is 5.75 Å². The number of guanidine groups is 1. The fraction of sp³-hybridized carbons (Fsp3) is 0.682. The van der Waals surface area contributed by atoms with Crippen LogP contribution in [0.1, 0.15) is 19.8 Å². The van der Waals surface area contributed by atoms with Gasteiger partial charge < -0.3 is 29.3 Å². The fourth-order valence-electron chi connectivity index (χ4n) is 3.73. The monoisotopic (exact) mass is 532 g/mol. The second kappa shape index (κ2) is 13.9. The first-order valence-electron chi connectivity index (χ1n) is 10.9. The van der Waals surface area contributed by atoms with Crippen molar-refractivity contribution in [2.45, 2.75) is 19.8 Å². The molecular formula is C22H37IN4O3. The zero-order valence-electron chi connectivity index (χ0n) is 18.3. The van der Waals surface area contributed by atoms with Gasteiger partial charge in [0.1, 0.15) is 5.75 Å². The molecule has 1 unspecified atom stereocenters. The van der Waals surface area contributed by atoms with E-state index in [-0.39, 0.29) is 24.0 Å². The van der Waals surface area contributed by atoms with Crippen molar-refractivity contribution in [1.29, 1.82) is 0 Å². The van der Waals surface area contributed by atoms with Crippen LogP contribution in [0.5, 0.6) is 5.75 Å². The molecule has 3 rings (SSSR count). The van der Waals surface area contributed by atoms with Crippen LogP contribution >= 0.6 is 24.0 Å². The molecule has 2 saturated heterocycles. The standard InChI is InChI=1S/C22H36N4O3.HI/c1-3-23-22(24-9-5-14-28-17-19-8-15-29-18-19)26-12-10-25(11-13-26)20-6-4-7-21(16-20)27-2;/h4,6-7,16,19H,3,5,8-15,17-18H2,1-2H3,(H,23,24);1H. The van der Waals surface area contributed by atoms with Gasteiger partial charge in [0.25, 0.3) is 0 Å². The molecule has 2 fully saturated rings. The lowest BCUT2D eigenvalue weighted by Crippen LogP contribution is -2.52. The van der Waals surface area contributed by atoms with Gasteiger partial charge in [0.05, 0.1) is 20.3 Å². The molecule has 1 aromatic rings. The van der Waals surface area contributed by atoms with Gasteiger partial charge in [-0.2, -0.15) is 0 Å². The Morgan fingerprint density at radius 3 is 2.80 bits per heavy atom. The van der Waals surface area contributed by atoms with Crippen molar-refractivity contribution in [1.82, 2.24) is 10.2 Å². The average Bonchev–Trinajstić information content (AvgIpc) is 3.29. The summed E-state index contributed by atoms with van der Waals surface area (Å²) in [7, 11) is 1.71. The van der Waals surface area contributed by atoms with E-state index >= 15 is 0 Å². The third kappa shape index (κ3) is 7.77. The highest BCUT2D eigenvalue weighted by atomic mass is 127. The van der Waals surface area contributed by atoms with Crippen molar-refractivity contribution in [3.63, 3.8) is 0 Å². The molecule has 2 aliphatic rings. The summed E-state index contributed by atoms with van der Waals surface area (Å²) < 4.78 is 16.5. The van der Waals surface area contributed by atoms with Crippen molar-refractivity contribution in [3.05, 3.63) is 24.3 Å². The van der Waals surface area contributed by atoms with Gasteiger partial charge >= 0.3 is 0 Å². The lowest BCUT2D eigenvalue weighted by atomic mass is 10.1. The van der Waals surface area contributed by atoms with E-state index in [4.69, 9.17) is 19.2 Å². The summed E-state index contributed by atoms with van der Waals surface area (Å²) in [5.41, 5.74) is 1.22. The van der Waals surface area contributed by atoms with E-state index in [9.17, 15) is 0 Å². The van der Waals surface area contributed by atoms with Gasteiger partial charge in [-0.05, 0) is 31.9 Å². The minimum Gasteiger partial charge on any atom is -0.497 e. The average molecular weight is 532 g/mol. The summed E-state index contributed by atoms with van der Waals surface area (Å²) in [6, 6.07) is 8.29. The summed E-state index contributed by atoms with van der Waals surface area (Å²) in [4.78, 5) is 9.58. The minimum absolute atomic E-state index is 0. The summed E-state index contributed by atoms with van der Waals surface area (Å²) in [6.45, 7) is 11.0. The van der Waals surface area contributed by atoms with E-state index in [0.29, 0.717) is 5.92 Å². The van der Waals surface area contributed by atoms with Gasteiger partial charge in [-0.3, -0.25) is 4.99 Å². The minimum atomic E-state index is 0. The summed E-state index contributed by atoms with van der Waals surface area (Å²) >= 11 is 0. The predicted octanol–water partition coefficient (Wildman–Crippen LogP) is 2.84. The van der Waals surface area contributed by atoms with E-state index in [0.717, 1.165) is 90.2 Å². The summed E-state index contributed by atoms with van der Waals surface area (Å²) in [6.07, 6.45) is 2.08. The number of hydrogen-bond acceptors (Lipinski definition) is 5. The Labute approximate surface area is 198 Å². The molecule has 30 heavy (non-hydrogen) atoms. The van der Waals surface area contributed by atoms with Crippen molar-refractivity contribution in [2.75, 3.05) is 77.7 Å². The van der Waals surface area contributed by atoms with Crippen LogP contribution < -0.4 is 15.0 Å². The largest absolute Gasteiger partial charge is 0.497 e. The highest BCUT2D eigenvalue weighted by Gasteiger charge is 2.20. The van der Waals surface area contributed by atoms with Gasteiger partial charge in [-0.15, -0.1) is 24.0 Å². The number of anilines is 1. The van der Waals surface area contributed by atoms with Crippen molar-refractivity contribution >= 4 is 35.6 Å². The SMILES string of the molecule is CCNC(=NCCCOCC1CCOC1)N1CCN(c2cccc(OC)c2)CC1.I. The highest BCUT2D eigenvalue weighted by molar-refractivity contribution is 14.0. The molecule has 170 valence electrons. The molecule has 0 bridgehead atoms. The smallest absolute Gasteiger partial charge is 0.194 e. The van der Waals surface area contributed by atoms with E-state index in [1.165, 1.54) is 5.69 Å². The van der Waals surface area contributed by atoms with Gasteiger partial charge in [0.2, 0.25) is 0 Å². The number of nitrogens with one attached hydrogen (secondary N) is 1. The maximum absolute atomic E-state index is 5.79.